The van der Waals surface area contributed by atoms with Crippen molar-refractivity contribution in [2.24, 2.45) is 5.73 Å². The second-order valence-corrected chi connectivity index (χ2v) is 5.08. The normalized spacial score (nSPS) is 10.7. The molecule has 0 fully saturated rings. The molecule has 0 aliphatic rings. The average Bonchev–Trinajstić information content (AvgIpc) is 2.28. The lowest BCUT2D eigenvalue weighted by molar-refractivity contribution is 0.204. The molecule has 0 radical (unpaired) electrons. The van der Waals surface area contributed by atoms with Crippen molar-refractivity contribution < 1.29 is 4.74 Å². The molecular formula is C14H22N2OS. The minimum Gasteiger partial charge on any atom is -0.389 e. The molecule has 0 saturated heterocycles. The summed E-state index contributed by atoms with van der Waals surface area (Å²) in [5.41, 5.74) is 8.92. The van der Waals surface area contributed by atoms with Crippen LogP contribution in [0.5, 0.6) is 0 Å². The van der Waals surface area contributed by atoms with E-state index in [4.69, 9.17) is 22.7 Å². The van der Waals surface area contributed by atoms with Gasteiger partial charge in [-0.3, -0.25) is 0 Å². The molecule has 3 nitrogen and oxygen atoms in total. The third-order valence-electron chi connectivity index (χ3n) is 2.97. The number of aryl methyl sites for hydroxylation is 1. The van der Waals surface area contributed by atoms with Crippen molar-refractivity contribution in [3.63, 3.8) is 0 Å². The van der Waals surface area contributed by atoms with Crippen molar-refractivity contribution in [2.75, 3.05) is 25.2 Å². The largest absolute Gasteiger partial charge is 0.389 e. The Balaban J connectivity index is 2.99. The van der Waals surface area contributed by atoms with Gasteiger partial charge in [-0.05, 0) is 44.5 Å². The fourth-order valence-corrected chi connectivity index (χ4v) is 2.21. The summed E-state index contributed by atoms with van der Waals surface area (Å²) in [6.45, 7) is 7.97. The lowest BCUT2D eigenvalue weighted by Gasteiger charge is -2.29. The summed E-state index contributed by atoms with van der Waals surface area (Å²) in [5.74, 6) is 0. The summed E-state index contributed by atoms with van der Waals surface area (Å²) in [6, 6.07) is 6.62. The van der Waals surface area contributed by atoms with Crippen LogP contribution in [0.3, 0.4) is 0 Å². The molecule has 2 N–H and O–H groups in total. The number of hydrogen-bond acceptors (Lipinski definition) is 3. The second kappa shape index (κ2) is 6.71. The molecule has 0 aliphatic carbocycles. The number of hydrogen-bond donors (Lipinski definition) is 1. The van der Waals surface area contributed by atoms with Gasteiger partial charge in [0.2, 0.25) is 0 Å². The molecule has 100 valence electrons. The van der Waals surface area contributed by atoms with Gasteiger partial charge < -0.3 is 15.4 Å². The van der Waals surface area contributed by atoms with Crippen LogP contribution in [0.4, 0.5) is 5.69 Å². The van der Waals surface area contributed by atoms with Crippen molar-refractivity contribution in [1.82, 2.24) is 0 Å². The Morgan fingerprint density at radius 2 is 2.11 bits per heavy atom. The maximum Gasteiger partial charge on any atom is 0.104 e. The van der Waals surface area contributed by atoms with E-state index in [1.807, 2.05) is 13.0 Å². The van der Waals surface area contributed by atoms with Gasteiger partial charge in [0.1, 0.15) is 4.99 Å². The molecule has 0 saturated carbocycles. The molecule has 0 heterocycles. The maximum atomic E-state index is 5.68. The first kappa shape index (κ1) is 14.9. The minimum absolute atomic E-state index is 0.426. The Morgan fingerprint density at radius 1 is 1.44 bits per heavy atom. The SMILES string of the molecule is COCCN(c1ccc(C(N)=S)c(C)c1)C(C)C. The van der Waals surface area contributed by atoms with Crippen LogP contribution in [-0.4, -0.2) is 31.3 Å². The number of nitrogens with two attached hydrogens (primary N) is 1. The van der Waals surface area contributed by atoms with Crippen LogP contribution in [0, 0.1) is 6.92 Å². The van der Waals surface area contributed by atoms with E-state index < -0.39 is 0 Å². The van der Waals surface area contributed by atoms with Gasteiger partial charge in [0.15, 0.2) is 0 Å². The van der Waals surface area contributed by atoms with Gasteiger partial charge in [-0.2, -0.15) is 0 Å². The van der Waals surface area contributed by atoms with Crippen molar-refractivity contribution in [3.05, 3.63) is 29.3 Å². The van der Waals surface area contributed by atoms with E-state index >= 15 is 0 Å². The highest BCUT2D eigenvalue weighted by Crippen LogP contribution is 2.21. The number of methoxy groups -OCH3 is 1. The quantitative estimate of drug-likeness (QED) is 0.803. The number of nitrogens with zero attached hydrogens (tertiary/aromatic N) is 1. The summed E-state index contributed by atoms with van der Waals surface area (Å²) in [6.07, 6.45) is 0. The molecule has 1 rings (SSSR count). The smallest absolute Gasteiger partial charge is 0.104 e. The molecule has 4 heteroatoms. The number of rotatable bonds is 6. The van der Waals surface area contributed by atoms with Crippen LogP contribution >= 0.6 is 12.2 Å². The van der Waals surface area contributed by atoms with Crippen LogP contribution in [0.2, 0.25) is 0 Å². The first-order valence-corrected chi connectivity index (χ1v) is 6.54. The van der Waals surface area contributed by atoms with Gasteiger partial charge in [-0.15, -0.1) is 0 Å². The molecular weight excluding hydrogens is 244 g/mol. The molecule has 0 amide bonds. The van der Waals surface area contributed by atoms with E-state index in [1.54, 1.807) is 7.11 Å². The number of ether oxygens (including phenoxy) is 1. The van der Waals surface area contributed by atoms with E-state index in [2.05, 4.69) is 30.9 Å². The van der Waals surface area contributed by atoms with Gasteiger partial charge in [0.05, 0.1) is 6.61 Å². The Kier molecular flexibility index (Phi) is 5.56. The molecule has 0 spiro atoms. The van der Waals surface area contributed by atoms with Gasteiger partial charge in [0.25, 0.3) is 0 Å². The van der Waals surface area contributed by atoms with Crippen molar-refractivity contribution in [1.29, 1.82) is 0 Å². The fourth-order valence-electron chi connectivity index (χ4n) is 1.98. The zero-order valence-corrected chi connectivity index (χ0v) is 12.4. The third kappa shape index (κ3) is 3.68. The van der Waals surface area contributed by atoms with Crippen molar-refractivity contribution in [3.8, 4) is 0 Å². The number of anilines is 1. The molecule has 0 aromatic heterocycles. The van der Waals surface area contributed by atoms with Crippen LogP contribution in [0.1, 0.15) is 25.0 Å². The highest BCUT2D eigenvalue weighted by Gasteiger charge is 2.12. The molecule has 18 heavy (non-hydrogen) atoms. The maximum absolute atomic E-state index is 5.68. The van der Waals surface area contributed by atoms with Crippen molar-refractivity contribution >= 4 is 22.9 Å². The van der Waals surface area contributed by atoms with Crippen LogP contribution in [-0.2, 0) is 4.74 Å². The van der Waals surface area contributed by atoms with E-state index in [-0.39, 0.29) is 0 Å². The van der Waals surface area contributed by atoms with Crippen molar-refractivity contribution in [2.45, 2.75) is 26.8 Å². The zero-order chi connectivity index (χ0) is 13.7. The molecule has 1 aromatic carbocycles. The number of benzene rings is 1. The summed E-state index contributed by atoms with van der Waals surface area (Å²) in [7, 11) is 1.72. The van der Waals surface area contributed by atoms with Gasteiger partial charge in [-0.1, -0.05) is 12.2 Å². The highest BCUT2D eigenvalue weighted by atomic mass is 32.1. The topological polar surface area (TPSA) is 38.5 Å². The van der Waals surface area contributed by atoms with E-state index in [9.17, 15) is 0 Å². The summed E-state index contributed by atoms with van der Waals surface area (Å²) < 4.78 is 5.15. The average molecular weight is 266 g/mol. The molecule has 1 aromatic rings. The summed E-state index contributed by atoms with van der Waals surface area (Å²) in [4.78, 5) is 2.76. The standard InChI is InChI=1S/C14H22N2OS/c1-10(2)16(7-8-17-4)12-5-6-13(14(15)18)11(3)9-12/h5-6,9-10H,7-8H2,1-4H3,(H2,15,18). The van der Waals surface area contributed by atoms with Gasteiger partial charge in [-0.25, -0.2) is 0 Å². The molecule has 0 aliphatic heterocycles. The number of thiocarbonyl (C=S) groups is 1. The Morgan fingerprint density at radius 3 is 2.56 bits per heavy atom. The zero-order valence-electron chi connectivity index (χ0n) is 11.6. The monoisotopic (exact) mass is 266 g/mol. The first-order chi connectivity index (χ1) is 8.47. The van der Waals surface area contributed by atoms with Crippen LogP contribution in [0.25, 0.3) is 0 Å². The Hall–Kier alpha value is -1.13. The predicted octanol–water partition coefficient (Wildman–Crippen LogP) is 2.49. The van der Waals surface area contributed by atoms with E-state index in [1.165, 1.54) is 5.69 Å². The lowest BCUT2D eigenvalue weighted by atomic mass is 10.1. The Bertz CT molecular complexity index is 418. The summed E-state index contributed by atoms with van der Waals surface area (Å²) >= 11 is 5.02. The first-order valence-electron chi connectivity index (χ1n) is 6.13. The highest BCUT2D eigenvalue weighted by molar-refractivity contribution is 7.80. The lowest BCUT2D eigenvalue weighted by Crippen LogP contribution is -2.33. The van der Waals surface area contributed by atoms with Gasteiger partial charge >= 0.3 is 0 Å². The third-order valence-corrected chi connectivity index (χ3v) is 3.19. The molecule has 0 unspecified atom stereocenters. The fraction of sp³-hybridized carbons (Fsp3) is 0.500. The van der Waals surface area contributed by atoms with E-state index in [0.717, 1.165) is 17.7 Å². The Labute approximate surface area is 115 Å². The summed E-state index contributed by atoms with van der Waals surface area (Å²) in [5, 5.41) is 0. The molecule has 0 bridgehead atoms. The van der Waals surface area contributed by atoms with E-state index in [0.29, 0.717) is 17.6 Å². The second-order valence-electron chi connectivity index (χ2n) is 4.64. The van der Waals surface area contributed by atoms with Gasteiger partial charge in [0, 0.05) is 30.9 Å². The van der Waals surface area contributed by atoms with Crippen LogP contribution < -0.4 is 10.6 Å². The minimum atomic E-state index is 0.426. The predicted molar refractivity (Wildman–Crippen MR) is 81.4 cm³/mol. The van der Waals surface area contributed by atoms with Crippen LogP contribution in [0.15, 0.2) is 18.2 Å². The molecule has 0 atom stereocenters.